The van der Waals surface area contributed by atoms with Crippen molar-refractivity contribution in [2.45, 2.75) is 25.8 Å². The van der Waals surface area contributed by atoms with E-state index in [0.717, 1.165) is 87.8 Å². The molecule has 0 radical (unpaired) electrons. The Hall–Kier alpha value is -2.38. The van der Waals surface area contributed by atoms with E-state index in [9.17, 15) is 4.79 Å². The molecule has 4 rings (SSSR count). The van der Waals surface area contributed by atoms with Gasteiger partial charge in [0.2, 0.25) is 5.91 Å². The number of methoxy groups -OCH3 is 1. The van der Waals surface area contributed by atoms with Crippen LogP contribution in [-0.4, -0.2) is 68.8 Å². The first-order chi connectivity index (χ1) is 14.2. The molecule has 3 heterocycles. The number of morpholine rings is 1. The maximum Gasteiger partial charge on any atom is 0.222 e. The van der Waals surface area contributed by atoms with E-state index in [-0.39, 0.29) is 0 Å². The SMILES string of the molecule is COc1ccc2cc(CNCCCN3CCCC3=O)c(N3CCOCC3)nc2c1. The molecule has 2 saturated heterocycles. The summed E-state index contributed by atoms with van der Waals surface area (Å²) in [4.78, 5) is 21.0. The lowest BCUT2D eigenvalue weighted by Gasteiger charge is -2.30. The van der Waals surface area contributed by atoms with Crippen molar-refractivity contribution < 1.29 is 14.3 Å². The van der Waals surface area contributed by atoms with Crippen LogP contribution in [0.15, 0.2) is 24.3 Å². The molecular formula is C22H30N4O3. The molecule has 0 spiro atoms. The Bertz CT molecular complexity index is 851. The molecule has 0 atom stereocenters. The molecule has 1 aromatic carbocycles. The molecule has 2 aromatic rings. The molecule has 0 unspecified atom stereocenters. The fourth-order valence-electron chi connectivity index (χ4n) is 4.04. The van der Waals surface area contributed by atoms with Gasteiger partial charge in [0.1, 0.15) is 11.6 Å². The molecule has 0 saturated carbocycles. The number of nitrogens with one attached hydrogen (secondary N) is 1. The van der Waals surface area contributed by atoms with E-state index in [1.165, 1.54) is 5.56 Å². The topological polar surface area (TPSA) is 66.9 Å². The lowest BCUT2D eigenvalue weighted by molar-refractivity contribution is -0.127. The Kier molecular flexibility index (Phi) is 6.46. The number of carbonyl (C=O) groups is 1. The van der Waals surface area contributed by atoms with Crippen molar-refractivity contribution in [1.29, 1.82) is 0 Å². The quantitative estimate of drug-likeness (QED) is 0.688. The van der Waals surface area contributed by atoms with Crippen molar-refractivity contribution in [2.24, 2.45) is 0 Å². The van der Waals surface area contributed by atoms with Crippen molar-refractivity contribution >= 4 is 22.6 Å². The molecule has 7 heteroatoms. The minimum absolute atomic E-state index is 0.300. The van der Waals surface area contributed by atoms with Gasteiger partial charge in [0.25, 0.3) is 0 Å². The van der Waals surface area contributed by atoms with Gasteiger partial charge in [0.05, 0.1) is 25.8 Å². The fourth-order valence-corrected chi connectivity index (χ4v) is 4.04. The number of rotatable bonds is 8. The van der Waals surface area contributed by atoms with Crippen LogP contribution in [0.25, 0.3) is 10.9 Å². The average molecular weight is 399 g/mol. The maximum atomic E-state index is 11.7. The Balaban J connectivity index is 1.44. The van der Waals surface area contributed by atoms with Gasteiger partial charge in [-0.15, -0.1) is 0 Å². The zero-order chi connectivity index (χ0) is 20.1. The Morgan fingerprint density at radius 2 is 2.07 bits per heavy atom. The van der Waals surface area contributed by atoms with Gasteiger partial charge in [0, 0.05) is 56.2 Å². The summed E-state index contributed by atoms with van der Waals surface area (Å²) < 4.78 is 10.9. The maximum absolute atomic E-state index is 11.7. The van der Waals surface area contributed by atoms with E-state index in [0.29, 0.717) is 12.3 Å². The molecule has 0 bridgehead atoms. The van der Waals surface area contributed by atoms with E-state index >= 15 is 0 Å². The third-order valence-electron chi connectivity index (χ3n) is 5.66. The number of ether oxygens (including phenoxy) is 2. The number of anilines is 1. The number of aromatic nitrogens is 1. The van der Waals surface area contributed by atoms with Gasteiger partial charge in [-0.1, -0.05) is 0 Å². The summed E-state index contributed by atoms with van der Waals surface area (Å²) in [5.41, 5.74) is 2.14. The number of likely N-dealkylation sites (tertiary alicyclic amines) is 1. The van der Waals surface area contributed by atoms with Crippen molar-refractivity contribution in [3.05, 3.63) is 29.8 Å². The van der Waals surface area contributed by atoms with Crippen molar-refractivity contribution in [3.63, 3.8) is 0 Å². The smallest absolute Gasteiger partial charge is 0.222 e. The van der Waals surface area contributed by atoms with Crippen LogP contribution in [-0.2, 0) is 16.1 Å². The Morgan fingerprint density at radius 1 is 1.21 bits per heavy atom. The van der Waals surface area contributed by atoms with E-state index < -0.39 is 0 Å². The van der Waals surface area contributed by atoms with Gasteiger partial charge < -0.3 is 24.6 Å². The Labute approximate surface area is 172 Å². The number of hydrogen-bond donors (Lipinski definition) is 1. The van der Waals surface area contributed by atoms with Gasteiger partial charge in [-0.3, -0.25) is 4.79 Å². The molecule has 1 N–H and O–H groups in total. The highest BCUT2D eigenvalue weighted by molar-refractivity contribution is 5.83. The number of nitrogens with zero attached hydrogens (tertiary/aromatic N) is 3. The predicted octanol–water partition coefficient (Wildman–Crippen LogP) is 2.18. The van der Waals surface area contributed by atoms with Crippen LogP contribution >= 0.6 is 0 Å². The molecule has 2 aliphatic heterocycles. The van der Waals surface area contributed by atoms with Crippen LogP contribution in [0.5, 0.6) is 5.75 Å². The molecule has 0 aliphatic carbocycles. The zero-order valence-electron chi connectivity index (χ0n) is 17.2. The first kappa shape index (κ1) is 19.9. The lowest BCUT2D eigenvalue weighted by atomic mass is 10.1. The van der Waals surface area contributed by atoms with Crippen LogP contribution in [0.1, 0.15) is 24.8 Å². The largest absolute Gasteiger partial charge is 0.497 e. The number of fused-ring (bicyclic) bond motifs is 1. The first-order valence-corrected chi connectivity index (χ1v) is 10.5. The van der Waals surface area contributed by atoms with Crippen LogP contribution in [0.3, 0.4) is 0 Å². The fraction of sp³-hybridized carbons (Fsp3) is 0.545. The van der Waals surface area contributed by atoms with Gasteiger partial charge in [0.15, 0.2) is 0 Å². The number of carbonyl (C=O) groups excluding carboxylic acids is 1. The molecule has 2 fully saturated rings. The molecule has 29 heavy (non-hydrogen) atoms. The molecule has 7 nitrogen and oxygen atoms in total. The second kappa shape index (κ2) is 9.41. The summed E-state index contributed by atoms with van der Waals surface area (Å²) in [5, 5.41) is 4.66. The summed E-state index contributed by atoms with van der Waals surface area (Å²) in [6.07, 6.45) is 2.68. The summed E-state index contributed by atoms with van der Waals surface area (Å²) >= 11 is 0. The molecule has 156 valence electrons. The molecule has 2 aliphatic rings. The van der Waals surface area contributed by atoms with Gasteiger partial charge >= 0.3 is 0 Å². The van der Waals surface area contributed by atoms with E-state index in [1.54, 1.807) is 7.11 Å². The second-order valence-electron chi connectivity index (χ2n) is 7.64. The van der Waals surface area contributed by atoms with Crippen LogP contribution in [0, 0.1) is 0 Å². The van der Waals surface area contributed by atoms with E-state index in [1.807, 2.05) is 17.0 Å². The Morgan fingerprint density at radius 3 is 2.83 bits per heavy atom. The summed E-state index contributed by atoms with van der Waals surface area (Å²) in [7, 11) is 1.68. The van der Waals surface area contributed by atoms with Gasteiger partial charge in [-0.25, -0.2) is 4.98 Å². The number of amides is 1. The highest BCUT2D eigenvalue weighted by atomic mass is 16.5. The molecular weight excluding hydrogens is 368 g/mol. The second-order valence-corrected chi connectivity index (χ2v) is 7.64. The van der Waals surface area contributed by atoms with Crippen LogP contribution in [0.4, 0.5) is 5.82 Å². The van der Waals surface area contributed by atoms with Crippen molar-refractivity contribution in [1.82, 2.24) is 15.2 Å². The third kappa shape index (κ3) is 4.79. The zero-order valence-corrected chi connectivity index (χ0v) is 17.2. The highest BCUT2D eigenvalue weighted by Crippen LogP contribution is 2.27. The lowest BCUT2D eigenvalue weighted by Crippen LogP contribution is -2.37. The van der Waals surface area contributed by atoms with Gasteiger partial charge in [-0.2, -0.15) is 0 Å². The standard InChI is InChI=1S/C22H30N4O3/c1-28-19-6-5-17-14-18(16-23-7-3-9-25-8-2-4-21(25)27)22(24-20(17)15-19)26-10-12-29-13-11-26/h5-6,14-15,23H,2-4,7-13,16H2,1H3. The van der Waals surface area contributed by atoms with Crippen molar-refractivity contribution in [2.75, 3.05) is 57.9 Å². The minimum Gasteiger partial charge on any atom is -0.497 e. The summed E-state index contributed by atoms with van der Waals surface area (Å²) in [6.45, 7) is 6.57. The van der Waals surface area contributed by atoms with Crippen LogP contribution in [0.2, 0.25) is 0 Å². The number of benzene rings is 1. The van der Waals surface area contributed by atoms with E-state index in [2.05, 4.69) is 22.3 Å². The van der Waals surface area contributed by atoms with E-state index in [4.69, 9.17) is 14.5 Å². The third-order valence-corrected chi connectivity index (χ3v) is 5.66. The highest BCUT2D eigenvalue weighted by Gasteiger charge is 2.19. The van der Waals surface area contributed by atoms with Crippen molar-refractivity contribution in [3.8, 4) is 5.75 Å². The predicted molar refractivity (Wildman–Crippen MR) is 113 cm³/mol. The first-order valence-electron chi connectivity index (χ1n) is 10.5. The summed E-state index contributed by atoms with van der Waals surface area (Å²) in [6, 6.07) is 8.25. The minimum atomic E-state index is 0.300. The molecule has 1 amide bonds. The van der Waals surface area contributed by atoms with Crippen LogP contribution < -0.4 is 15.0 Å². The van der Waals surface area contributed by atoms with Gasteiger partial charge in [-0.05, 0) is 37.6 Å². The number of pyridine rings is 1. The molecule has 1 aromatic heterocycles. The number of hydrogen-bond acceptors (Lipinski definition) is 6. The average Bonchev–Trinajstić information content (AvgIpc) is 3.17. The summed E-state index contributed by atoms with van der Waals surface area (Å²) in [5.74, 6) is 2.14. The normalized spacial score (nSPS) is 17.3. The monoisotopic (exact) mass is 398 g/mol.